The van der Waals surface area contributed by atoms with Gasteiger partial charge in [0.1, 0.15) is 4.66 Å². The lowest BCUT2D eigenvalue weighted by molar-refractivity contribution is 0.105. The van der Waals surface area contributed by atoms with Crippen LogP contribution in [0.4, 0.5) is 0 Å². The van der Waals surface area contributed by atoms with E-state index in [1.54, 1.807) is 0 Å². The fourth-order valence-electron chi connectivity index (χ4n) is 1.29. The van der Waals surface area contributed by atoms with Gasteiger partial charge < -0.3 is 4.74 Å². The summed E-state index contributed by atoms with van der Waals surface area (Å²) in [5.41, 5.74) is 0. The lowest BCUT2D eigenvalue weighted by Crippen LogP contribution is -2.27. The molecular weight excluding hydrogens is 258 g/mol. The second-order valence-corrected chi connectivity index (χ2v) is 6.15. The molecule has 1 aliphatic heterocycles. The number of rotatable bonds is 5. The van der Waals surface area contributed by atoms with Crippen molar-refractivity contribution in [2.45, 2.75) is 25.4 Å². The van der Waals surface area contributed by atoms with Crippen LogP contribution in [0.15, 0.2) is 0 Å². The van der Waals surface area contributed by atoms with Crippen molar-refractivity contribution in [1.82, 2.24) is 4.72 Å². The van der Waals surface area contributed by atoms with Crippen molar-refractivity contribution in [2.24, 2.45) is 0 Å². The molecule has 0 bridgehead atoms. The van der Waals surface area contributed by atoms with Gasteiger partial charge in [0.05, 0.1) is 6.10 Å². The molecule has 0 aromatic heterocycles. The van der Waals surface area contributed by atoms with Crippen LogP contribution in [0.25, 0.3) is 0 Å². The third-order valence-corrected chi connectivity index (χ3v) is 4.70. The first-order valence-electron chi connectivity index (χ1n) is 4.29. The zero-order chi connectivity index (χ0) is 9.73. The summed E-state index contributed by atoms with van der Waals surface area (Å²) < 4.78 is 29.7. The van der Waals surface area contributed by atoms with Crippen molar-refractivity contribution in [3.63, 3.8) is 0 Å². The summed E-state index contributed by atoms with van der Waals surface area (Å²) in [7, 11) is -3.10. The van der Waals surface area contributed by atoms with Crippen LogP contribution in [-0.4, -0.2) is 32.3 Å². The number of hydrogen-bond acceptors (Lipinski definition) is 3. The van der Waals surface area contributed by atoms with Gasteiger partial charge in [-0.25, -0.2) is 13.1 Å². The highest BCUT2D eigenvalue weighted by molar-refractivity contribution is 9.10. The van der Waals surface area contributed by atoms with Gasteiger partial charge in [0.2, 0.25) is 10.0 Å². The number of halogens is 1. The largest absolute Gasteiger partial charge is 0.378 e. The van der Waals surface area contributed by atoms with Crippen LogP contribution >= 0.6 is 15.9 Å². The van der Waals surface area contributed by atoms with E-state index >= 15 is 0 Å². The molecular formula is C7H14BrNO3S. The molecule has 0 spiro atoms. The highest BCUT2D eigenvalue weighted by Crippen LogP contribution is 2.14. The smallest absolute Gasteiger partial charge is 0.221 e. The zero-order valence-electron chi connectivity index (χ0n) is 7.33. The Balaban J connectivity index is 2.13. The van der Waals surface area contributed by atoms with E-state index in [0.29, 0.717) is 6.54 Å². The molecule has 0 radical (unpaired) electrons. The summed E-state index contributed by atoms with van der Waals surface area (Å²) >= 11 is 2.90. The van der Waals surface area contributed by atoms with E-state index in [1.165, 1.54) is 0 Å². The van der Waals surface area contributed by atoms with Crippen LogP contribution in [0.2, 0.25) is 0 Å². The van der Waals surface area contributed by atoms with Crippen LogP contribution in [0.3, 0.4) is 0 Å². The van der Waals surface area contributed by atoms with E-state index in [9.17, 15) is 8.42 Å². The molecule has 78 valence electrons. The Morgan fingerprint density at radius 1 is 1.54 bits per heavy atom. The predicted molar refractivity (Wildman–Crippen MR) is 54.3 cm³/mol. The molecule has 0 saturated carbocycles. The molecule has 0 aliphatic carbocycles. The van der Waals surface area contributed by atoms with Crippen LogP contribution in [-0.2, 0) is 14.8 Å². The van der Waals surface area contributed by atoms with Gasteiger partial charge in [0, 0.05) is 13.2 Å². The maximum atomic E-state index is 11.0. The van der Waals surface area contributed by atoms with E-state index in [4.69, 9.17) is 4.74 Å². The molecule has 6 heteroatoms. The molecule has 4 nitrogen and oxygen atoms in total. The summed E-state index contributed by atoms with van der Waals surface area (Å²) in [6, 6.07) is 0. The van der Waals surface area contributed by atoms with E-state index in [0.717, 1.165) is 25.9 Å². The average molecular weight is 272 g/mol. The molecule has 1 N–H and O–H groups in total. The monoisotopic (exact) mass is 271 g/mol. The normalized spacial score (nSPS) is 23.6. The minimum atomic E-state index is -3.10. The number of nitrogens with one attached hydrogen (secondary N) is 1. The maximum absolute atomic E-state index is 11.0. The Labute approximate surface area is 87.2 Å². The molecule has 0 aromatic rings. The number of alkyl halides is 1. The molecule has 1 heterocycles. The van der Waals surface area contributed by atoms with Gasteiger partial charge in [-0.1, -0.05) is 15.9 Å². The lowest BCUT2D eigenvalue weighted by atomic mass is 10.2. The first-order chi connectivity index (χ1) is 6.14. The topological polar surface area (TPSA) is 55.4 Å². The Bertz CT molecular complexity index is 236. The fourth-order valence-corrected chi connectivity index (χ4v) is 2.28. The second kappa shape index (κ2) is 5.29. The van der Waals surface area contributed by atoms with Crippen LogP contribution < -0.4 is 4.72 Å². The molecule has 1 rings (SSSR count). The fraction of sp³-hybridized carbons (Fsp3) is 1.00. The molecule has 1 atom stereocenters. The number of ether oxygens (including phenoxy) is 1. The maximum Gasteiger partial charge on any atom is 0.221 e. The van der Waals surface area contributed by atoms with E-state index < -0.39 is 10.0 Å². The van der Waals surface area contributed by atoms with Gasteiger partial charge in [0.25, 0.3) is 0 Å². The quantitative estimate of drug-likeness (QED) is 0.754. The van der Waals surface area contributed by atoms with Crippen molar-refractivity contribution in [2.75, 3.05) is 17.8 Å². The van der Waals surface area contributed by atoms with Gasteiger partial charge in [-0.3, -0.25) is 0 Å². The summed E-state index contributed by atoms with van der Waals surface area (Å²) in [5.74, 6) is 0. The van der Waals surface area contributed by atoms with Crippen molar-refractivity contribution >= 4 is 26.0 Å². The molecule has 1 saturated heterocycles. The first-order valence-corrected chi connectivity index (χ1v) is 7.06. The molecule has 1 fully saturated rings. The van der Waals surface area contributed by atoms with Gasteiger partial charge in [0.15, 0.2) is 0 Å². The minimum absolute atomic E-state index is 0.0362. The highest BCUT2D eigenvalue weighted by Gasteiger charge is 2.16. The molecule has 0 amide bonds. The zero-order valence-corrected chi connectivity index (χ0v) is 9.73. The van der Waals surface area contributed by atoms with E-state index in [-0.39, 0.29) is 10.8 Å². The highest BCUT2D eigenvalue weighted by atomic mass is 79.9. The van der Waals surface area contributed by atoms with E-state index in [1.807, 2.05) is 0 Å². The number of sulfonamides is 1. The summed E-state index contributed by atoms with van der Waals surface area (Å²) in [5, 5.41) is 0. The molecule has 13 heavy (non-hydrogen) atoms. The molecule has 1 unspecified atom stereocenters. The van der Waals surface area contributed by atoms with Gasteiger partial charge >= 0.3 is 0 Å². The molecule has 0 aromatic carbocycles. The van der Waals surface area contributed by atoms with Gasteiger partial charge in [-0.05, 0) is 19.3 Å². The van der Waals surface area contributed by atoms with Crippen LogP contribution in [0.1, 0.15) is 19.3 Å². The minimum Gasteiger partial charge on any atom is -0.378 e. The first kappa shape index (κ1) is 11.4. The average Bonchev–Trinajstić information content (AvgIpc) is 2.57. The Kier molecular flexibility index (Phi) is 4.64. The Hall–Kier alpha value is 0.350. The van der Waals surface area contributed by atoms with Crippen molar-refractivity contribution < 1.29 is 13.2 Å². The predicted octanol–water partition coefficient (Wildman–Crippen LogP) is 0.827. The van der Waals surface area contributed by atoms with Crippen molar-refractivity contribution in [1.29, 1.82) is 0 Å². The van der Waals surface area contributed by atoms with Crippen LogP contribution in [0.5, 0.6) is 0 Å². The SMILES string of the molecule is O=S(=O)(CBr)NCCC1CCCO1. The molecule has 1 aliphatic rings. The summed E-state index contributed by atoms with van der Waals surface area (Å²) in [4.78, 5) is 0. The summed E-state index contributed by atoms with van der Waals surface area (Å²) in [6.07, 6.45) is 3.16. The Morgan fingerprint density at radius 2 is 2.31 bits per heavy atom. The van der Waals surface area contributed by atoms with Gasteiger partial charge in [-0.15, -0.1) is 0 Å². The van der Waals surface area contributed by atoms with Crippen molar-refractivity contribution in [3.05, 3.63) is 0 Å². The van der Waals surface area contributed by atoms with Crippen molar-refractivity contribution in [3.8, 4) is 0 Å². The standard InChI is InChI=1S/C7H14BrNO3S/c8-6-13(10,11)9-4-3-7-2-1-5-12-7/h7,9H,1-6H2. The van der Waals surface area contributed by atoms with E-state index in [2.05, 4.69) is 20.7 Å². The third-order valence-electron chi connectivity index (χ3n) is 1.96. The lowest BCUT2D eigenvalue weighted by Gasteiger charge is -2.09. The van der Waals surface area contributed by atoms with Crippen LogP contribution in [0, 0.1) is 0 Å². The second-order valence-electron chi connectivity index (χ2n) is 3.04. The van der Waals surface area contributed by atoms with Gasteiger partial charge in [-0.2, -0.15) is 0 Å². The third kappa shape index (κ3) is 4.39. The summed E-state index contributed by atoms with van der Waals surface area (Å²) in [6.45, 7) is 1.29. The Morgan fingerprint density at radius 3 is 2.85 bits per heavy atom. The number of hydrogen-bond donors (Lipinski definition) is 1.